The zero-order chi connectivity index (χ0) is 11.0. The Morgan fingerprint density at radius 2 is 2.20 bits per heavy atom. The lowest BCUT2D eigenvalue weighted by Crippen LogP contribution is -2.05. The van der Waals surface area contributed by atoms with E-state index >= 15 is 0 Å². The molecular weight excluding hydrogens is 303 g/mol. The summed E-state index contributed by atoms with van der Waals surface area (Å²) >= 11 is 2.21. The van der Waals surface area contributed by atoms with Crippen molar-refractivity contribution in [2.75, 3.05) is 7.11 Å². The van der Waals surface area contributed by atoms with Crippen molar-refractivity contribution in [3.63, 3.8) is 0 Å². The molecule has 80 valence electrons. The predicted molar refractivity (Wildman–Crippen MR) is 67.3 cm³/mol. The molecule has 1 aliphatic rings. The number of halogens is 1. The van der Waals surface area contributed by atoms with Gasteiger partial charge in [-0.3, -0.25) is 4.79 Å². The van der Waals surface area contributed by atoms with Gasteiger partial charge in [0.05, 0.1) is 12.7 Å². The lowest BCUT2D eigenvalue weighted by Gasteiger charge is -2.07. The highest BCUT2D eigenvalue weighted by Crippen LogP contribution is 2.41. The van der Waals surface area contributed by atoms with Crippen molar-refractivity contribution in [3.8, 4) is 5.75 Å². The Labute approximate surface area is 103 Å². The number of ketones is 1. The van der Waals surface area contributed by atoms with Crippen LogP contribution in [-0.2, 0) is 0 Å². The van der Waals surface area contributed by atoms with E-state index in [0.29, 0.717) is 11.7 Å². The number of ether oxygens (including phenoxy) is 1. The minimum Gasteiger partial charge on any atom is -0.496 e. The summed E-state index contributed by atoms with van der Waals surface area (Å²) in [7, 11) is 1.61. The maximum absolute atomic E-state index is 12.1. The Morgan fingerprint density at radius 1 is 1.53 bits per heavy atom. The SMILES string of the molecule is COc1ccc(I)cc1C(=O)C1CC1C. The van der Waals surface area contributed by atoms with E-state index in [0.717, 1.165) is 15.6 Å². The summed E-state index contributed by atoms with van der Waals surface area (Å²) in [5.41, 5.74) is 0.735. The van der Waals surface area contributed by atoms with E-state index in [-0.39, 0.29) is 11.7 Å². The van der Waals surface area contributed by atoms with E-state index in [9.17, 15) is 4.79 Å². The van der Waals surface area contributed by atoms with E-state index < -0.39 is 0 Å². The number of carbonyl (C=O) groups excluding carboxylic acids is 1. The van der Waals surface area contributed by atoms with Crippen molar-refractivity contribution in [3.05, 3.63) is 27.3 Å². The van der Waals surface area contributed by atoms with Gasteiger partial charge >= 0.3 is 0 Å². The van der Waals surface area contributed by atoms with Gasteiger partial charge < -0.3 is 4.74 Å². The molecule has 0 radical (unpaired) electrons. The first-order valence-electron chi connectivity index (χ1n) is 5.01. The molecule has 2 atom stereocenters. The largest absolute Gasteiger partial charge is 0.496 e. The molecule has 15 heavy (non-hydrogen) atoms. The topological polar surface area (TPSA) is 26.3 Å². The van der Waals surface area contributed by atoms with E-state index in [1.165, 1.54) is 0 Å². The highest BCUT2D eigenvalue weighted by molar-refractivity contribution is 14.1. The van der Waals surface area contributed by atoms with Gasteiger partial charge in [0.2, 0.25) is 0 Å². The number of benzene rings is 1. The van der Waals surface area contributed by atoms with Gasteiger partial charge in [-0.25, -0.2) is 0 Å². The number of Topliss-reactive ketones (excluding diaryl/α,β-unsaturated/α-hetero) is 1. The summed E-state index contributed by atoms with van der Waals surface area (Å²) < 4.78 is 6.28. The first-order chi connectivity index (χ1) is 7.13. The van der Waals surface area contributed by atoms with Crippen LogP contribution in [0.25, 0.3) is 0 Å². The molecule has 0 N–H and O–H groups in total. The molecule has 0 heterocycles. The molecule has 2 unspecified atom stereocenters. The summed E-state index contributed by atoms with van der Waals surface area (Å²) in [6.07, 6.45) is 1.02. The molecule has 2 rings (SSSR count). The molecule has 0 amide bonds. The lowest BCUT2D eigenvalue weighted by atomic mass is 10.1. The van der Waals surface area contributed by atoms with Gasteiger partial charge in [-0.15, -0.1) is 0 Å². The number of carbonyl (C=O) groups is 1. The lowest BCUT2D eigenvalue weighted by molar-refractivity contribution is 0.0959. The van der Waals surface area contributed by atoms with E-state index in [1.54, 1.807) is 7.11 Å². The maximum Gasteiger partial charge on any atom is 0.169 e. The predicted octanol–water partition coefficient (Wildman–Crippen LogP) is 3.14. The van der Waals surface area contributed by atoms with Crippen molar-refractivity contribution >= 4 is 28.4 Å². The van der Waals surface area contributed by atoms with Gasteiger partial charge in [0, 0.05) is 9.49 Å². The summed E-state index contributed by atoms with van der Waals surface area (Å²) in [4.78, 5) is 12.1. The molecule has 1 aliphatic carbocycles. The van der Waals surface area contributed by atoms with Crippen molar-refractivity contribution in [2.24, 2.45) is 11.8 Å². The fourth-order valence-corrected chi connectivity index (χ4v) is 2.25. The molecule has 0 bridgehead atoms. The summed E-state index contributed by atoms with van der Waals surface area (Å²) in [5, 5.41) is 0. The molecule has 1 fully saturated rings. The van der Waals surface area contributed by atoms with E-state index in [4.69, 9.17) is 4.74 Å². The Balaban J connectivity index is 2.33. The second kappa shape index (κ2) is 4.12. The van der Waals surface area contributed by atoms with Crippen LogP contribution in [0.2, 0.25) is 0 Å². The second-order valence-corrected chi connectivity index (χ2v) is 5.27. The summed E-state index contributed by atoms with van der Waals surface area (Å²) in [6.45, 7) is 2.11. The third kappa shape index (κ3) is 2.17. The fourth-order valence-electron chi connectivity index (χ4n) is 1.76. The van der Waals surface area contributed by atoms with Crippen LogP contribution in [0.4, 0.5) is 0 Å². The zero-order valence-corrected chi connectivity index (χ0v) is 10.9. The number of hydrogen-bond acceptors (Lipinski definition) is 2. The van der Waals surface area contributed by atoms with Crippen LogP contribution < -0.4 is 4.74 Å². The van der Waals surface area contributed by atoms with Crippen LogP contribution in [0.5, 0.6) is 5.75 Å². The highest BCUT2D eigenvalue weighted by atomic mass is 127. The minimum absolute atomic E-state index is 0.220. The van der Waals surface area contributed by atoms with Gasteiger partial charge in [0.25, 0.3) is 0 Å². The van der Waals surface area contributed by atoms with Crippen LogP contribution in [0.15, 0.2) is 18.2 Å². The third-order valence-electron chi connectivity index (χ3n) is 2.87. The van der Waals surface area contributed by atoms with Crippen LogP contribution >= 0.6 is 22.6 Å². The Hall–Kier alpha value is -0.580. The van der Waals surface area contributed by atoms with Gasteiger partial charge in [-0.05, 0) is 53.1 Å². The highest BCUT2D eigenvalue weighted by Gasteiger charge is 2.40. The van der Waals surface area contributed by atoms with Crippen LogP contribution in [0, 0.1) is 15.4 Å². The molecule has 3 heteroatoms. The molecule has 0 saturated heterocycles. The first-order valence-corrected chi connectivity index (χ1v) is 6.09. The second-order valence-electron chi connectivity index (χ2n) is 4.03. The Bertz CT molecular complexity index is 401. The Kier molecular flexibility index (Phi) is 3.00. The number of methoxy groups -OCH3 is 1. The molecule has 2 nitrogen and oxygen atoms in total. The fraction of sp³-hybridized carbons (Fsp3) is 0.417. The molecule has 0 aromatic heterocycles. The average molecular weight is 316 g/mol. The number of hydrogen-bond donors (Lipinski definition) is 0. The van der Waals surface area contributed by atoms with E-state index in [2.05, 4.69) is 29.5 Å². The van der Waals surface area contributed by atoms with Crippen LogP contribution in [-0.4, -0.2) is 12.9 Å². The van der Waals surface area contributed by atoms with Crippen LogP contribution in [0.1, 0.15) is 23.7 Å². The standard InChI is InChI=1S/C12H13IO2/c1-7-5-9(7)12(14)10-6-8(13)3-4-11(10)15-2/h3-4,6-7,9H,5H2,1-2H3. The van der Waals surface area contributed by atoms with Crippen molar-refractivity contribution in [1.82, 2.24) is 0 Å². The smallest absolute Gasteiger partial charge is 0.169 e. The molecule has 1 aromatic carbocycles. The molecule has 0 spiro atoms. The van der Waals surface area contributed by atoms with Crippen molar-refractivity contribution in [1.29, 1.82) is 0 Å². The maximum atomic E-state index is 12.1. The normalized spacial score (nSPS) is 23.7. The van der Waals surface area contributed by atoms with Crippen molar-refractivity contribution < 1.29 is 9.53 Å². The van der Waals surface area contributed by atoms with Crippen LogP contribution in [0.3, 0.4) is 0 Å². The molecule has 1 saturated carbocycles. The van der Waals surface area contributed by atoms with Gasteiger partial charge in [0.1, 0.15) is 5.75 Å². The quantitative estimate of drug-likeness (QED) is 0.632. The summed E-state index contributed by atoms with van der Waals surface area (Å²) in [5.74, 6) is 1.69. The zero-order valence-electron chi connectivity index (χ0n) is 8.79. The van der Waals surface area contributed by atoms with Gasteiger partial charge in [-0.2, -0.15) is 0 Å². The first kappa shape index (κ1) is 10.9. The minimum atomic E-state index is 0.220. The average Bonchev–Trinajstić information content (AvgIpc) is 2.94. The van der Waals surface area contributed by atoms with Gasteiger partial charge in [-0.1, -0.05) is 6.92 Å². The molecular formula is C12H13IO2. The monoisotopic (exact) mass is 316 g/mol. The Morgan fingerprint density at radius 3 is 2.73 bits per heavy atom. The van der Waals surface area contributed by atoms with Crippen molar-refractivity contribution in [2.45, 2.75) is 13.3 Å². The van der Waals surface area contributed by atoms with E-state index in [1.807, 2.05) is 18.2 Å². The number of rotatable bonds is 3. The van der Waals surface area contributed by atoms with Gasteiger partial charge in [0.15, 0.2) is 5.78 Å². The third-order valence-corrected chi connectivity index (χ3v) is 3.54. The molecule has 1 aromatic rings. The molecule has 0 aliphatic heterocycles. The summed E-state index contributed by atoms with van der Waals surface area (Å²) in [6, 6.07) is 5.72.